The van der Waals surface area contributed by atoms with Crippen molar-refractivity contribution in [3.05, 3.63) is 36.0 Å². The number of anilines is 1. The second kappa shape index (κ2) is 4.40. The Kier molecular flexibility index (Phi) is 2.78. The first kappa shape index (κ1) is 10.1. The molecule has 0 atom stereocenters. The van der Waals surface area contributed by atoms with E-state index in [0.29, 0.717) is 18.1 Å². The Balaban J connectivity index is 2.02. The molecule has 16 heavy (non-hydrogen) atoms. The van der Waals surface area contributed by atoms with Gasteiger partial charge in [-0.1, -0.05) is 0 Å². The van der Waals surface area contributed by atoms with E-state index in [4.69, 9.17) is 5.26 Å². The summed E-state index contributed by atoms with van der Waals surface area (Å²) in [6, 6.07) is 1.94. The average Bonchev–Trinajstić information content (AvgIpc) is 2.73. The average molecular weight is 214 g/mol. The molecular formula is C10H10N6. The third-order valence-electron chi connectivity index (χ3n) is 1.98. The van der Waals surface area contributed by atoms with Gasteiger partial charge in [0.2, 0.25) is 0 Å². The molecule has 0 aliphatic carbocycles. The van der Waals surface area contributed by atoms with Gasteiger partial charge in [0, 0.05) is 25.4 Å². The topological polar surface area (TPSA) is 79.4 Å². The molecular weight excluding hydrogens is 204 g/mol. The molecule has 6 heteroatoms. The summed E-state index contributed by atoms with van der Waals surface area (Å²) < 4.78 is 1.73. The van der Waals surface area contributed by atoms with Crippen LogP contribution in [-0.4, -0.2) is 19.7 Å². The maximum Gasteiger partial charge on any atom is 0.161 e. The number of nitrogens with one attached hydrogen (secondary N) is 1. The molecule has 0 radical (unpaired) electrons. The van der Waals surface area contributed by atoms with Crippen LogP contribution in [0.2, 0.25) is 0 Å². The molecule has 0 aliphatic heterocycles. The molecule has 0 amide bonds. The van der Waals surface area contributed by atoms with Gasteiger partial charge in [-0.2, -0.15) is 10.4 Å². The number of nitriles is 1. The molecule has 2 aromatic rings. The number of aromatic nitrogens is 4. The van der Waals surface area contributed by atoms with Crippen LogP contribution in [0.15, 0.2) is 24.8 Å². The van der Waals surface area contributed by atoms with E-state index < -0.39 is 0 Å². The van der Waals surface area contributed by atoms with Crippen molar-refractivity contribution in [2.24, 2.45) is 7.05 Å². The van der Waals surface area contributed by atoms with Crippen LogP contribution in [0.25, 0.3) is 0 Å². The van der Waals surface area contributed by atoms with E-state index in [1.54, 1.807) is 17.1 Å². The van der Waals surface area contributed by atoms with Gasteiger partial charge in [0.25, 0.3) is 0 Å². The first-order chi connectivity index (χ1) is 7.78. The van der Waals surface area contributed by atoms with Gasteiger partial charge in [0.05, 0.1) is 18.6 Å². The highest BCUT2D eigenvalue weighted by Crippen LogP contribution is 2.04. The van der Waals surface area contributed by atoms with E-state index in [2.05, 4.69) is 20.4 Å². The van der Waals surface area contributed by atoms with Crippen LogP contribution in [0.4, 0.5) is 5.82 Å². The van der Waals surface area contributed by atoms with Crippen LogP contribution in [0.1, 0.15) is 11.3 Å². The number of aryl methyl sites for hydroxylation is 1. The molecule has 2 heterocycles. The van der Waals surface area contributed by atoms with Gasteiger partial charge in [-0.25, -0.2) is 4.98 Å². The van der Waals surface area contributed by atoms with Gasteiger partial charge in [-0.3, -0.25) is 9.67 Å². The zero-order chi connectivity index (χ0) is 11.4. The van der Waals surface area contributed by atoms with Crippen molar-refractivity contribution in [1.82, 2.24) is 19.7 Å². The Morgan fingerprint density at radius 2 is 2.31 bits per heavy atom. The highest BCUT2D eigenvalue weighted by Gasteiger charge is 1.99. The lowest BCUT2D eigenvalue weighted by Crippen LogP contribution is -2.02. The second-order valence-corrected chi connectivity index (χ2v) is 3.28. The van der Waals surface area contributed by atoms with Crippen molar-refractivity contribution in [3.8, 4) is 6.07 Å². The first-order valence-corrected chi connectivity index (χ1v) is 4.71. The van der Waals surface area contributed by atoms with Crippen molar-refractivity contribution in [3.63, 3.8) is 0 Å². The predicted octanol–water partition coefficient (Wildman–Crippen LogP) is 0.694. The van der Waals surface area contributed by atoms with Crippen LogP contribution >= 0.6 is 0 Å². The Morgan fingerprint density at radius 3 is 3.00 bits per heavy atom. The minimum atomic E-state index is 0.302. The maximum atomic E-state index is 8.66. The van der Waals surface area contributed by atoms with Crippen LogP contribution < -0.4 is 5.32 Å². The predicted molar refractivity (Wildman–Crippen MR) is 57.3 cm³/mol. The lowest BCUT2D eigenvalue weighted by molar-refractivity contribution is 0.767. The number of nitrogens with zero attached hydrogens (tertiary/aromatic N) is 5. The Bertz CT molecular complexity index is 524. The summed E-state index contributed by atoms with van der Waals surface area (Å²) in [4.78, 5) is 7.96. The first-order valence-electron chi connectivity index (χ1n) is 4.71. The Labute approximate surface area is 92.6 Å². The molecule has 6 nitrogen and oxygen atoms in total. The van der Waals surface area contributed by atoms with Crippen molar-refractivity contribution >= 4 is 5.82 Å². The van der Waals surface area contributed by atoms with Crippen LogP contribution in [0.3, 0.4) is 0 Å². The fourth-order valence-corrected chi connectivity index (χ4v) is 1.26. The fraction of sp³-hybridized carbons (Fsp3) is 0.200. The van der Waals surface area contributed by atoms with E-state index in [1.165, 1.54) is 6.20 Å². The van der Waals surface area contributed by atoms with Crippen molar-refractivity contribution in [1.29, 1.82) is 5.26 Å². The minimum Gasteiger partial charge on any atom is -0.365 e. The molecule has 0 unspecified atom stereocenters. The third kappa shape index (κ3) is 2.33. The molecule has 80 valence electrons. The van der Waals surface area contributed by atoms with Gasteiger partial charge < -0.3 is 5.32 Å². The van der Waals surface area contributed by atoms with E-state index >= 15 is 0 Å². The maximum absolute atomic E-state index is 8.66. The van der Waals surface area contributed by atoms with E-state index in [0.717, 1.165) is 5.56 Å². The third-order valence-corrected chi connectivity index (χ3v) is 1.98. The lowest BCUT2D eigenvalue weighted by atomic mass is 10.3. The summed E-state index contributed by atoms with van der Waals surface area (Å²) in [5.41, 5.74) is 1.35. The molecule has 0 saturated heterocycles. The molecule has 0 bridgehead atoms. The van der Waals surface area contributed by atoms with E-state index in [9.17, 15) is 0 Å². The largest absolute Gasteiger partial charge is 0.365 e. The highest BCUT2D eigenvalue weighted by atomic mass is 15.2. The Morgan fingerprint density at radius 1 is 1.44 bits per heavy atom. The van der Waals surface area contributed by atoms with Crippen molar-refractivity contribution in [2.45, 2.75) is 6.54 Å². The number of hydrogen-bond donors (Lipinski definition) is 1. The van der Waals surface area contributed by atoms with Crippen LogP contribution in [-0.2, 0) is 13.6 Å². The monoisotopic (exact) mass is 214 g/mol. The molecule has 0 fully saturated rings. The molecule has 1 N–H and O–H groups in total. The summed E-state index contributed by atoms with van der Waals surface area (Å²) in [5, 5.41) is 15.8. The van der Waals surface area contributed by atoms with E-state index in [1.807, 2.05) is 19.3 Å². The van der Waals surface area contributed by atoms with Crippen LogP contribution in [0, 0.1) is 11.3 Å². The minimum absolute atomic E-state index is 0.302. The summed E-state index contributed by atoms with van der Waals surface area (Å²) in [7, 11) is 1.86. The van der Waals surface area contributed by atoms with Gasteiger partial charge in [-0.15, -0.1) is 0 Å². The molecule has 0 aliphatic rings. The normalized spacial score (nSPS) is 9.75. The molecule has 0 spiro atoms. The zero-order valence-electron chi connectivity index (χ0n) is 8.75. The molecule has 0 saturated carbocycles. The van der Waals surface area contributed by atoms with Gasteiger partial charge >= 0.3 is 0 Å². The SMILES string of the molecule is Cn1cc(CNc2cncc(C#N)n2)cn1. The summed E-state index contributed by atoms with van der Waals surface area (Å²) in [6.45, 7) is 0.609. The lowest BCUT2D eigenvalue weighted by Gasteiger charge is -2.02. The fourth-order valence-electron chi connectivity index (χ4n) is 1.26. The smallest absolute Gasteiger partial charge is 0.161 e. The van der Waals surface area contributed by atoms with Gasteiger partial charge in [0.1, 0.15) is 11.9 Å². The van der Waals surface area contributed by atoms with E-state index in [-0.39, 0.29) is 0 Å². The summed E-state index contributed by atoms with van der Waals surface area (Å²) >= 11 is 0. The number of hydrogen-bond acceptors (Lipinski definition) is 5. The quantitative estimate of drug-likeness (QED) is 0.813. The van der Waals surface area contributed by atoms with Gasteiger partial charge in [0.15, 0.2) is 5.69 Å². The molecule has 2 aromatic heterocycles. The standard InChI is InChI=1S/C10H10N6/c1-16-7-8(4-14-16)3-13-10-6-12-5-9(2-11)15-10/h4-7H,3H2,1H3,(H,13,15). The molecule has 0 aromatic carbocycles. The summed E-state index contributed by atoms with van der Waals surface area (Å²) in [5.74, 6) is 0.586. The number of rotatable bonds is 3. The summed E-state index contributed by atoms with van der Waals surface area (Å²) in [6.07, 6.45) is 6.69. The van der Waals surface area contributed by atoms with Crippen molar-refractivity contribution < 1.29 is 0 Å². The second-order valence-electron chi connectivity index (χ2n) is 3.28. The van der Waals surface area contributed by atoms with Gasteiger partial charge in [-0.05, 0) is 0 Å². The van der Waals surface area contributed by atoms with Crippen LogP contribution in [0.5, 0.6) is 0 Å². The highest BCUT2D eigenvalue weighted by molar-refractivity contribution is 5.35. The Hall–Kier alpha value is -2.42. The zero-order valence-corrected chi connectivity index (χ0v) is 8.75. The van der Waals surface area contributed by atoms with Crippen molar-refractivity contribution in [2.75, 3.05) is 5.32 Å². The molecule has 2 rings (SSSR count).